The second kappa shape index (κ2) is 8.55. The fraction of sp³-hybridized carbons (Fsp3) is 0.276. The van der Waals surface area contributed by atoms with Gasteiger partial charge in [-0.1, -0.05) is 78.9 Å². The van der Waals surface area contributed by atoms with Gasteiger partial charge in [-0.15, -0.1) is 0 Å². The lowest BCUT2D eigenvalue weighted by Crippen LogP contribution is -2.20. The topological polar surface area (TPSA) is 26.3 Å². The Morgan fingerprint density at radius 1 is 0.839 bits per heavy atom. The van der Waals surface area contributed by atoms with Crippen molar-refractivity contribution in [2.24, 2.45) is 11.8 Å². The summed E-state index contributed by atoms with van der Waals surface area (Å²) in [5.74, 6) is 2.14. The van der Waals surface area contributed by atoms with Crippen molar-refractivity contribution in [3.05, 3.63) is 102 Å². The number of esters is 1. The first-order valence-corrected chi connectivity index (χ1v) is 11.3. The summed E-state index contributed by atoms with van der Waals surface area (Å²) in [4.78, 5) is 12.0. The Kier molecular flexibility index (Phi) is 5.46. The van der Waals surface area contributed by atoms with Crippen LogP contribution in [0.1, 0.15) is 47.8 Å². The van der Waals surface area contributed by atoms with E-state index in [-0.39, 0.29) is 5.97 Å². The molecule has 0 radical (unpaired) electrons. The molecule has 2 heteroatoms. The van der Waals surface area contributed by atoms with Gasteiger partial charge in [0.1, 0.15) is 0 Å². The number of carbonyl (C=O) groups is 1. The first kappa shape index (κ1) is 19.8. The molecule has 4 atom stereocenters. The SMILES string of the molecule is COC(=O)/C=C/c1c(-c2ccccc2)cccc1[C@@H]1[C@H]2CC[C@H](C2)[C@@H]1c1ccccc1. The predicted molar refractivity (Wildman–Crippen MR) is 126 cm³/mol. The lowest BCUT2D eigenvalue weighted by Gasteiger charge is -2.33. The largest absolute Gasteiger partial charge is 0.466 e. The van der Waals surface area contributed by atoms with E-state index in [1.54, 1.807) is 6.08 Å². The Morgan fingerprint density at radius 2 is 1.52 bits per heavy atom. The lowest BCUT2D eigenvalue weighted by atomic mass is 9.70. The molecule has 0 unspecified atom stereocenters. The van der Waals surface area contributed by atoms with Crippen molar-refractivity contribution in [3.63, 3.8) is 0 Å². The lowest BCUT2D eigenvalue weighted by molar-refractivity contribution is -0.134. The molecule has 0 N–H and O–H groups in total. The molecule has 3 aromatic carbocycles. The smallest absolute Gasteiger partial charge is 0.330 e. The van der Waals surface area contributed by atoms with Crippen molar-refractivity contribution >= 4 is 12.0 Å². The van der Waals surface area contributed by atoms with Crippen molar-refractivity contribution in [2.45, 2.75) is 31.1 Å². The van der Waals surface area contributed by atoms with Gasteiger partial charge in [0, 0.05) is 6.08 Å². The number of carbonyl (C=O) groups excluding carboxylic acids is 1. The molecule has 156 valence electrons. The highest BCUT2D eigenvalue weighted by atomic mass is 16.5. The first-order chi connectivity index (χ1) is 15.3. The van der Waals surface area contributed by atoms with E-state index in [9.17, 15) is 4.79 Å². The molecule has 2 fully saturated rings. The van der Waals surface area contributed by atoms with E-state index >= 15 is 0 Å². The second-order valence-corrected chi connectivity index (χ2v) is 8.83. The highest BCUT2D eigenvalue weighted by Crippen LogP contribution is 2.61. The highest BCUT2D eigenvalue weighted by molar-refractivity contribution is 5.90. The zero-order chi connectivity index (χ0) is 21.2. The van der Waals surface area contributed by atoms with Crippen LogP contribution < -0.4 is 0 Å². The average Bonchev–Trinajstić information content (AvgIpc) is 3.45. The molecule has 3 aromatic rings. The number of methoxy groups -OCH3 is 1. The quantitative estimate of drug-likeness (QED) is 0.341. The Labute approximate surface area is 184 Å². The van der Waals surface area contributed by atoms with Gasteiger partial charge >= 0.3 is 5.97 Å². The molecule has 0 aliphatic heterocycles. The Hall–Kier alpha value is -3.13. The van der Waals surface area contributed by atoms with E-state index in [0.717, 1.165) is 11.5 Å². The van der Waals surface area contributed by atoms with Gasteiger partial charge in [0.2, 0.25) is 0 Å². The van der Waals surface area contributed by atoms with Crippen molar-refractivity contribution in [2.75, 3.05) is 7.11 Å². The Morgan fingerprint density at radius 3 is 2.23 bits per heavy atom. The van der Waals surface area contributed by atoms with Crippen molar-refractivity contribution in [3.8, 4) is 11.1 Å². The van der Waals surface area contributed by atoms with Crippen LogP contribution in [-0.2, 0) is 9.53 Å². The Bertz CT molecular complexity index is 1080. The van der Waals surface area contributed by atoms with Crippen LogP contribution in [-0.4, -0.2) is 13.1 Å². The average molecular weight is 409 g/mol. The standard InChI is InChI=1S/C29H28O2/c1-31-27(30)18-17-25-24(20-9-4-2-5-10-20)13-8-14-26(25)29-23-16-15-22(19-23)28(29)21-11-6-3-7-12-21/h2-14,17-18,22-23,28-29H,15-16,19H2,1H3/b18-17+/t22-,23+,28+,29+/m1/s1. The van der Waals surface area contributed by atoms with E-state index < -0.39 is 0 Å². The van der Waals surface area contributed by atoms with Crippen LogP contribution in [0.4, 0.5) is 0 Å². The summed E-state index contributed by atoms with van der Waals surface area (Å²) in [6, 6.07) is 28.1. The highest BCUT2D eigenvalue weighted by Gasteiger charge is 2.49. The van der Waals surface area contributed by atoms with Crippen LogP contribution in [0.15, 0.2) is 84.9 Å². The number of hydrogen-bond donors (Lipinski definition) is 0. The number of ether oxygens (including phenoxy) is 1. The van der Waals surface area contributed by atoms with E-state index in [1.807, 2.05) is 12.1 Å². The van der Waals surface area contributed by atoms with Crippen molar-refractivity contribution in [1.82, 2.24) is 0 Å². The summed E-state index contributed by atoms with van der Waals surface area (Å²) < 4.78 is 4.90. The molecule has 2 aliphatic rings. The minimum absolute atomic E-state index is 0.318. The van der Waals surface area contributed by atoms with Crippen LogP contribution in [0, 0.1) is 11.8 Å². The summed E-state index contributed by atoms with van der Waals surface area (Å²) in [5.41, 5.74) is 6.31. The third kappa shape index (κ3) is 3.72. The third-order valence-corrected chi connectivity index (χ3v) is 7.27. The summed E-state index contributed by atoms with van der Waals surface area (Å²) in [7, 11) is 1.43. The normalized spacial score (nSPS) is 24.5. The predicted octanol–water partition coefficient (Wildman–Crippen LogP) is 6.84. The fourth-order valence-corrected chi connectivity index (χ4v) is 6.04. The molecular weight excluding hydrogens is 380 g/mol. The molecular formula is C29H28O2. The molecule has 0 heterocycles. The van der Waals surface area contributed by atoms with E-state index in [4.69, 9.17) is 4.74 Å². The maximum atomic E-state index is 12.0. The van der Waals surface area contributed by atoms with Gasteiger partial charge in [-0.25, -0.2) is 4.79 Å². The zero-order valence-corrected chi connectivity index (χ0v) is 17.9. The molecule has 2 bridgehead atoms. The van der Waals surface area contributed by atoms with Gasteiger partial charge in [-0.3, -0.25) is 0 Å². The van der Waals surface area contributed by atoms with Gasteiger partial charge in [-0.05, 0) is 76.8 Å². The minimum atomic E-state index is -0.318. The molecule has 31 heavy (non-hydrogen) atoms. The second-order valence-electron chi connectivity index (χ2n) is 8.83. The summed E-state index contributed by atoms with van der Waals surface area (Å²) in [6.07, 6.45) is 7.47. The van der Waals surface area contributed by atoms with E-state index in [0.29, 0.717) is 17.8 Å². The van der Waals surface area contributed by atoms with Gasteiger partial charge in [0.25, 0.3) is 0 Å². The Balaban J connectivity index is 1.66. The van der Waals surface area contributed by atoms with Gasteiger partial charge in [0.05, 0.1) is 7.11 Å². The molecule has 0 amide bonds. The maximum absolute atomic E-state index is 12.0. The van der Waals surface area contributed by atoms with Crippen molar-refractivity contribution < 1.29 is 9.53 Å². The number of benzene rings is 3. The van der Waals surface area contributed by atoms with Gasteiger partial charge in [0.15, 0.2) is 0 Å². The molecule has 0 saturated heterocycles. The van der Waals surface area contributed by atoms with Crippen LogP contribution in [0.3, 0.4) is 0 Å². The minimum Gasteiger partial charge on any atom is -0.466 e. The monoisotopic (exact) mass is 408 g/mol. The molecule has 2 nitrogen and oxygen atoms in total. The number of rotatable bonds is 5. The third-order valence-electron chi connectivity index (χ3n) is 7.27. The summed E-state index contributed by atoms with van der Waals surface area (Å²) in [5, 5.41) is 0. The van der Waals surface area contributed by atoms with Gasteiger partial charge in [-0.2, -0.15) is 0 Å². The zero-order valence-electron chi connectivity index (χ0n) is 17.9. The molecule has 2 saturated carbocycles. The molecule has 0 aromatic heterocycles. The van der Waals surface area contributed by atoms with Crippen LogP contribution in [0.25, 0.3) is 17.2 Å². The van der Waals surface area contributed by atoms with E-state index in [1.165, 1.54) is 48.6 Å². The summed E-state index contributed by atoms with van der Waals surface area (Å²) >= 11 is 0. The number of hydrogen-bond acceptors (Lipinski definition) is 2. The fourth-order valence-electron chi connectivity index (χ4n) is 6.04. The van der Waals surface area contributed by atoms with E-state index in [2.05, 4.69) is 72.8 Å². The maximum Gasteiger partial charge on any atom is 0.330 e. The number of fused-ring (bicyclic) bond motifs is 2. The molecule has 5 rings (SSSR count). The molecule has 2 aliphatic carbocycles. The molecule has 0 spiro atoms. The van der Waals surface area contributed by atoms with Crippen molar-refractivity contribution in [1.29, 1.82) is 0 Å². The van der Waals surface area contributed by atoms with Crippen LogP contribution in [0.5, 0.6) is 0 Å². The first-order valence-electron chi connectivity index (χ1n) is 11.3. The summed E-state index contributed by atoms with van der Waals surface area (Å²) in [6.45, 7) is 0. The van der Waals surface area contributed by atoms with Crippen LogP contribution >= 0.6 is 0 Å². The van der Waals surface area contributed by atoms with Gasteiger partial charge < -0.3 is 4.74 Å². The van der Waals surface area contributed by atoms with Crippen LogP contribution in [0.2, 0.25) is 0 Å².